The number of amides is 1. The monoisotopic (exact) mass is 454 g/mol. The number of hydrogen-bond donors (Lipinski definition) is 1. The number of aromatic carboxylic acids is 1. The van der Waals surface area contributed by atoms with E-state index in [1.165, 1.54) is 28.8 Å². The maximum absolute atomic E-state index is 12.9. The highest BCUT2D eigenvalue weighted by Crippen LogP contribution is 2.34. The van der Waals surface area contributed by atoms with Gasteiger partial charge in [-0.15, -0.1) is 0 Å². The summed E-state index contributed by atoms with van der Waals surface area (Å²) in [6.45, 7) is 4.07. The van der Waals surface area contributed by atoms with E-state index in [4.69, 9.17) is 9.47 Å². The Morgan fingerprint density at radius 2 is 1.94 bits per heavy atom. The number of thioether (sulfide) groups is 1. The first-order valence-electron chi connectivity index (χ1n) is 9.93. The molecule has 0 atom stereocenters. The summed E-state index contributed by atoms with van der Waals surface area (Å²) in [4.78, 5) is 42.0. The number of esters is 1. The molecule has 2 aromatic rings. The molecule has 32 heavy (non-hydrogen) atoms. The lowest BCUT2D eigenvalue weighted by Crippen LogP contribution is -2.28. The van der Waals surface area contributed by atoms with Gasteiger partial charge in [0.15, 0.2) is 11.8 Å². The minimum absolute atomic E-state index is 0.125. The molecule has 0 aliphatic carbocycles. The molecule has 1 fully saturated rings. The van der Waals surface area contributed by atoms with Crippen LogP contribution in [0.15, 0.2) is 58.4 Å². The van der Waals surface area contributed by atoms with Crippen LogP contribution in [-0.4, -0.2) is 52.8 Å². The Balaban J connectivity index is 1.81. The van der Waals surface area contributed by atoms with E-state index in [1.54, 1.807) is 43.3 Å². The molecular formula is C23H22N2O6S. The van der Waals surface area contributed by atoms with Crippen LogP contribution in [0.4, 0.5) is 5.69 Å². The summed E-state index contributed by atoms with van der Waals surface area (Å²) in [5, 5.41) is 9.64. The van der Waals surface area contributed by atoms with Gasteiger partial charge in [-0.2, -0.15) is 0 Å². The minimum atomic E-state index is -1.04. The van der Waals surface area contributed by atoms with E-state index in [-0.39, 0.29) is 24.7 Å². The Hall–Kier alpha value is -3.59. The van der Waals surface area contributed by atoms with Crippen molar-refractivity contribution >= 4 is 46.5 Å². The third-order valence-corrected chi connectivity index (χ3v) is 5.35. The molecule has 0 unspecified atom stereocenters. The lowest BCUT2D eigenvalue weighted by molar-refractivity contribution is -0.145. The van der Waals surface area contributed by atoms with Gasteiger partial charge >= 0.3 is 11.9 Å². The third-order valence-electron chi connectivity index (χ3n) is 4.34. The largest absolute Gasteiger partial charge is 0.482 e. The quantitative estimate of drug-likeness (QED) is 0.475. The Morgan fingerprint density at radius 3 is 2.66 bits per heavy atom. The Kier molecular flexibility index (Phi) is 7.67. The Morgan fingerprint density at radius 1 is 1.16 bits per heavy atom. The van der Waals surface area contributed by atoms with Crippen LogP contribution in [0, 0.1) is 0 Å². The number of aliphatic imine (C=N–C) groups is 1. The fraction of sp³-hybridized carbons (Fsp3) is 0.217. The Bertz CT molecular complexity index is 1100. The van der Waals surface area contributed by atoms with E-state index in [2.05, 4.69) is 4.99 Å². The maximum atomic E-state index is 12.9. The molecule has 8 nitrogen and oxygen atoms in total. The summed E-state index contributed by atoms with van der Waals surface area (Å²) < 4.78 is 10.3. The van der Waals surface area contributed by atoms with Gasteiger partial charge in [-0.1, -0.05) is 18.2 Å². The highest BCUT2D eigenvalue weighted by Gasteiger charge is 2.32. The second-order valence-corrected chi connectivity index (χ2v) is 7.59. The van der Waals surface area contributed by atoms with Gasteiger partial charge in [0.05, 0.1) is 22.8 Å². The number of nitrogens with zero attached hydrogens (tertiary/aromatic N) is 2. The maximum Gasteiger partial charge on any atom is 0.344 e. The van der Waals surface area contributed by atoms with Crippen LogP contribution in [0.25, 0.3) is 6.08 Å². The number of rotatable bonds is 8. The molecular weight excluding hydrogens is 432 g/mol. The fourth-order valence-electron chi connectivity index (χ4n) is 2.88. The van der Waals surface area contributed by atoms with E-state index in [1.807, 2.05) is 13.0 Å². The predicted octanol–water partition coefficient (Wildman–Crippen LogP) is 3.95. The van der Waals surface area contributed by atoms with Gasteiger partial charge in [-0.3, -0.25) is 9.69 Å². The van der Waals surface area contributed by atoms with Gasteiger partial charge in [0.25, 0.3) is 5.91 Å². The average molecular weight is 455 g/mol. The lowest BCUT2D eigenvalue weighted by atomic mass is 10.2. The van der Waals surface area contributed by atoms with Crippen LogP contribution >= 0.6 is 11.8 Å². The molecule has 1 heterocycles. The van der Waals surface area contributed by atoms with Gasteiger partial charge in [-0.05, 0) is 67.6 Å². The predicted molar refractivity (Wildman–Crippen MR) is 122 cm³/mol. The first-order valence-corrected chi connectivity index (χ1v) is 10.7. The van der Waals surface area contributed by atoms with Crippen molar-refractivity contribution in [2.24, 2.45) is 4.99 Å². The number of carbonyl (C=O) groups is 3. The van der Waals surface area contributed by atoms with Crippen molar-refractivity contribution in [3.63, 3.8) is 0 Å². The van der Waals surface area contributed by atoms with Gasteiger partial charge in [0.1, 0.15) is 5.75 Å². The number of amidine groups is 1. The molecule has 1 N–H and O–H groups in total. The van der Waals surface area contributed by atoms with Crippen LogP contribution in [0.5, 0.6) is 5.75 Å². The molecule has 1 aliphatic heterocycles. The van der Waals surface area contributed by atoms with E-state index in [0.717, 1.165) is 5.56 Å². The van der Waals surface area contributed by atoms with E-state index in [0.29, 0.717) is 28.1 Å². The minimum Gasteiger partial charge on any atom is -0.482 e. The van der Waals surface area contributed by atoms with Crippen LogP contribution in [-0.2, 0) is 14.3 Å². The highest BCUT2D eigenvalue weighted by atomic mass is 32.2. The van der Waals surface area contributed by atoms with Gasteiger partial charge < -0.3 is 14.6 Å². The molecule has 0 saturated carbocycles. The summed E-state index contributed by atoms with van der Waals surface area (Å²) in [5.74, 6) is -1.21. The second kappa shape index (κ2) is 10.6. The molecule has 0 spiro atoms. The van der Waals surface area contributed by atoms with Crippen molar-refractivity contribution in [1.29, 1.82) is 0 Å². The summed E-state index contributed by atoms with van der Waals surface area (Å²) in [6.07, 6.45) is 1.73. The van der Waals surface area contributed by atoms with Gasteiger partial charge in [-0.25, -0.2) is 14.6 Å². The first kappa shape index (κ1) is 23.1. The normalized spacial score (nSPS) is 15.9. The molecule has 1 saturated heterocycles. The summed E-state index contributed by atoms with van der Waals surface area (Å²) >= 11 is 1.21. The fourth-order valence-corrected chi connectivity index (χ4v) is 3.94. The molecule has 2 aromatic carbocycles. The smallest absolute Gasteiger partial charge is 0.344 e. The standard InChI is InChI=1S/C23H22N2O6S/c1-3-25-21(27)19(32-23(25)24-17-9-6-8-16(13-17)22(28)29)12-15-7-5-10-18(11-15)31-14-20(26)30-4-2/h5-13H,3-4,14H2,1-2H3,(H,28,29). The average Bonchev–Trinajstić information content (AvgIpc) is 3.06. The number of carbonyl (C=O) groups excluding carboxylic acids is 2. The topological polar surface area (TPSA) is 106 Å². The molecule has 1 amide bonds. The number of carboxylic acid groups (broad SMARTS) is 1. The third kappa shape index (κ3) is 5.76. The zero-order chi connectivity index (χ0) is 23.1. The second-order valence-electron chi connectivity index (χ2n) is 6.58. The van der Waals surface area contributed by atoms with E-state index >= 15 is 0 Å². The van der Waals surface area contributed by atoms with Crippen LogP contribution < -0.4 is 4.74 Å². The van der Waals surface area contributed by atoms with Crippen molar-refractivity contribution < 1.29 is 29.0 Å². The van der Waals surface area contributed by atoms with Crippen molar-refractivity contribution in [3.05, 3.63) is 64.6 Å². The van der Waals surface area contributed by atoms with Crippen molar-refractivity contribution in [2.75, 3.05) is 19.8 Å². The summed E-state index contributed by atoms with van der Waals surface area (Å²) in [7, 11) is 0. The van der Waals surface area contributed by atoms with Crippen molar-refractivity contribution in [1.82, 2.24) is 4.90 Å². The molecule has 0 bridgehead atoms. The highest BCUT2D eigenvalue weighted by molar-refractivity contribution is 8.18. The first-order chi connectivity index (χ1) is 15.4. The summed E-state index contributed by atoms with van der Waals surface area (Å²) in [5.41, 5.74) is 1.31. The number of ether oxygens (including phenoxy) is 2. The number of carboxylic acids is 1. The molecule has 9 heteroatoms. The van der Waals surface area contributed by atoms with E-state index < -0.39 is 11.9 Å². The number of likely N-dealkylation sites (N-methyl/N-ethyl adjacent to an activating group) is 1. The van der Waals surface area contributed by atoms with Gasteiger partial charge in [0.2, 0.25) is 0 Å². The molecule has 0 aromatic heterocycles. The molecule has 1 aliphatic rings. The van der Waals surface area contributed by atoms with Crippen LogP contribution in [0.1, 0.15) is 29.8 Å². The van der Waals surface area contributed by atoms with Gasteiger partial charge in [0, 0.05) is 6.54 Å². The lowest BCUT2D eigenvalue weighted by Gasteiger charge is -2.12. The zero-order valence-corrected chi connectivity index (χ0v) is 18.4. The van der Waals surface area contributed by atoms with Crippen LogP contribution in [0.3, 0.4) is 0 Å². The number of hydrogen-bond acceptors (Lipinski definition) is 7. The van der Waals surface area contributed by atoms with E-state index in [9.17, 15) is 19.5 Å². The molecule has 3 rings (SSSR count). The van der Waals surface area contributed by atoms with Crippen molar-refractivity contribution in [3.8, 4) is 5.75 Å². The molecule has 166 valence electrons. The Labute approximate surface area is 189 Å². The zero-order valence-electron chi connectivity index (χ0n) is 17.6. The SMILES string of the molecule is CCOC(=O)COc1cccc(C=C2SC(=Nc3cccc(C(=O)O)c3)N(CC)C2=O)c1. The summed E-state index contributed by atoms with van der Waals surface area (Å²) in [6, 6.07) is 13.3. The van der Waals surface area contributed by atoms with Crippen molar-refractivity contribution in [2.45, 2.75) is 13.8 Å². The van der Waals surface area contributed by atoms with Crippen LogP contribution in [0.2, 0.25) is 0 Å². The molecule has 0 radical (unpaired) electrons. The number of benzene rings is 2.